The average Bonchev–Trinajstić information content (AvgIpc) is 2.11. The van der Waals surface area contributed by atoms with E-state index in [1.54, 1.807) is 0 Å². The van der Waals surface area contributed by atoms with Crippen LogP contribution in [0.1, 0.15) is 5.56 Å². The van der Waals surface area contributed by atoms with Crippen LogP contribution in [0.3, 0.4) is 0 Å². The Bertz CT molecular complexity index is 455. The second kappa shape index (κ2) is 4.22. The first kappa shape index (κ1) is 15.5. The minimum atomic E-state index is -6.37. The molecule has 2 nitrogen and oxygen atoms in total. The molecule has 108 valence electrons. The molecule has 0 aliphatic heterocycles. The monoisotopic (exact) mass is 295 g/mol. The summed E-state index contributed by atoms with van der Waals surface area (Å²) in [5, 5.41) is 8.84. The lowest BCUT2D eigenvalue weighted by Gasteiger charge is -2.33. The lowest BCUT2D eigenvalue weighted by Crippen LogP contribution is -2.55. The minimum absolute atomic E-state index is 0.0425. The summed E-state index contributed by atoms with van der Waals surface area (Å²) in [6, 6.07) is 0.0850. The maximum absolute atomic E-state index is 13.2. The fraction of sp³-hybridized carbons (Fsp3) is 0.333. The van der Waals surface area contributed by atoms with Crippen molar-refractivity contribution in [3.63, 3.8) is 0 Å². The van der Waals surface area contributed by atoms with Crippen molar-refractivity contribution in [3.05, 3.63) is 29.3 Å². The molecule has 0 unspecified atom stereocenters. The van der Waals surface area contributed by atoms with Crippen LogP contribution in [0.2, 0.25) is 0 Å². The maximum Gasteiger partial charge on any atom is 0.430 e. The standard InChI is InChI=1S/C9H5F8NO/c10-4-1-3(18)2-5(11)6(4)7(19,8(12,13)14)9(15,16)17/h1-2,19H,18H2. The summed E-state index contributed by atoms with van der Waals surface area (Å²) in [5.74, 6) is -4.51. The van der Waals surface area contributed by atoms with Crippen LogP contribution in [-0.4, -0.2) is 17.5 Å². The van der Waals surface area contributed by atoms with Crippen LogP contribution < -0.4 is 5.73 Å². The molecule has 1 aromatic carbocycles. The second-order valence-electron chi connectivity index (χ2n) is 3.57. The number of hydrogen-bond donors (Lipinski definition) is 2. The van der Waals surface area contributed by atoms with Crippen LogP contribution in [0.15, 0.2) is 12.1 Å². The lowest BCUT2D eigenvalue weighted by molar-refractivity contribution is -0.377. The number of benzene rings is 1. The number of anilines is 1. The van der Waals surface area contributed by atoms with Gasteiger partial charge in [-0.05, 0) is 12.1 Å². The molecule has 0 aliphatic rings. The molecule has 0 bridgehead atoms. The third kappa shape index (κ3) is 2.31. The highest BCUT2D eigenvalue weighted by Crippen LogP contribution is 2.51. The maximum atomic E-state index is 13.2. The van der Waals surface area contributed by atoms with Gasteiger partial charge < -0.3 is 10.8 Å². The molecule has 0 saturated carbocycles. The molecule has 3 N–H and O–H groups in total. The van der Waals surface area contributed by atoms with Gasteiger partial charge in [0.05, 0.1) is 5.56 Å². The van der Waals surface area contributed by atoms with Crippen molar-refractivity contribution in [1.29, 1.82) is 0 Å². The first-order chi connectivity index (χ1) is 8.32. The highest BCUT2D eigenvalue weighted by molar-refractivity contribution is 5.44. The zero-order valence-electron chi connectivity index (χ0n) is 8.70. The van der Waals surface area contributed by atoms with Crippen molar-refractivity contribution < 1.29 is 40.2 Å². The van der Waals surface area contributed by atoms with Crippen molar-refractivity contribution in [2.24, 2.45) is 0 Å². The molecule has 0 atom stereocenters. The van der Waals surface area contributed by atoms with Crippen LogP contribution in [-0.2, 0) is 5.60 Å². The molecule has 0 fully saturated rings. The fourth-order valence-electron chi connectivity index (χ4n) is 1.38. The van der Waals surface area contributed by atoms with Crippen LogP contribution in [0.25, 0.3) is 0 Å². The fourth-order valence-corrected chi connectivity index (χ4v) is 1.38. The average molecular weight is 295 g/mol. The van der Waals surface area contributed by atoms with E-state index < -0.39 is 40.8 Å². The van der Waals surface area contributed by atoms with E-state index in [0.717, 1.165) is 0 Å². The molecule has 19 heavy (non-hydrogen) atoms. The van der Waals surface area contributed by atoms with Gasteiger partial charge in [0.1, 0.15) is 11.6 Å². The molecular formula is C9H5F8NO. The molecule has 0 heterocycles. The molecule has 0 spiro atoms. The predicted octanol–water partition coefficient (Wildman–Crippen LogP) is 2.86. The Morgan fingerprint density at radius 2 is 1.16 bits per heavy atom. The molecule has 1 rings (SSSR count). The Morgan fingerprint density at radius 3 is 1.42 bits per heavy atom. The van der Waals surface area contributed by atoms with E-state index in [-0.39, 0.29) is 12.1 Å². The van der Waals surface area contributed by atoms with Crippen molar-refractivity contribution in [1.82, 2.24) is 0 Å². The molecular weight excluding hydrogens is 290 g/mol. The molecule has 0 amide bonds. The van der Waals surface area contributed by atoms with Gasteiger partial charge in [-0.25, -0.2) is 8.78 Å². The Hall–Kier alpha value is -1.58. The number of halogens is 8. The van der Waals surface area contributed by atoms with E-state index in [0.29, 0.717) is 0 Å². The third-order valence-electron chi connectivity index (χ3n) is 2.25. The van der Waals surface area contributed by atoms with Crippen LogP contribution in [0.4, 0.5) is 40.8 Å². The molecule has 1 aromatic rings. The normalized spacial score (nSPS) is 13.7. The molecule has 0 aromatic heterocycles. The van der Waals surface area contributed by atoms with Crippen LogP contribution in [0, 0.1) is 11.6 Å². The van der Waals surface area contributed by atoms with E-state index in [1.807, 2.05) is 0 Å². The van der Waals surface area contributed by atoms with E-state index in [2.05, 4.69) is 0 Å². The minimum Gasteiger partial charge on any atom is -0.399 e. The predicted molar refractivity (Wildman–Crippen MR) is 46.8 cm³/mol. The van der Waals surface area contributed by atoms with Gasteiger partial charge in [-0.3, -0.25) is 0 Å². The first-order valence-corrected chi connectivity index (χ1v) is 4.43. The zero-order chi connectivity index (χ0) is 15.2. The Labute approximate surface area is 100.0 Å². The number of nitrogens with two attached hydrogens (primary N) is 1. The molecule has 10 heteroatoms. The van der Waals surface area contributed by atoms with Gasteiger partial charge in [0.25, 0.3) is 5.60 Å². The summed E-state index contributed by atoms with van der Waals surface area (Å²) in [6.45, 7) is 0. The van der Waals surface area contributed by atoms with E-state index in [4.69, 9.17) is 10.8 Å². The third-order valence-corrected chi connectivity index (χ3v) is 2.25. The van der Waals surface area contributed by atoms with Gasteiger partial charge in [0.15, 0.2) is 0 Å². The van der Waals surface area contributed by atoms with Crippen LogP contribution >= 0.6 is 0 Å². The van der Waals surface area contributed by atoms with Gasteiger partial charge in [-0.1, -0.05) is 0 Å². The van der Waals surface area contributed by atoms with E-state index in [1.165, 1.54) is 0 Å². The van der Waals surface area contributed by atoms with E-state index >= 15 is 0 Å². The Balaban J connectivity index is 3.72. The molecule has 0 saturated heterocycles. The molecule has 0 aliphatic carbocycles. The number of hydrogen-bond acceptors (Lipinski definition) is 2. The van der Waals surface area contributed by atoms with Gasteiger partial charge in [-0.15, -0.1) is 0 Å². The summed E-state index contributed by atoms with van der Waals surface area (Å²) in [4.78, 5) is 0. The van der Waals surface area contributed by atoms with Gasteiger partial charge in [-0.2, -0.15) is 26.3 Å². The molecule has 0 radical (unpaired) electrons. The highest BCUT2D eigenvalue weighted by Gasteiger charge is 2.73. The van der Waals surface area contributed by atoms with Crippen molar-refractivity contribution in [2.45, 2.75) is 18.0 Å². The zero-order valence-corrected chi connectivity index (χ0v) is 8.70. The lowest BCUT2D eigenvalue weighted by atomic mass is 9.91. The first-order valence-electron chi connectivity index (χ1n) is 4.43. The van der Waals surface area contributed by atoms with Crippen molar-refractivity contribution in [3.8, 4) is 0 Å². The van der Waals surface area contributed by atoms with Gasteiger partial charge in [0, 0.05) is 5.69 Å². The van der Waals surface area contributed by atoms with Gasteiger partial charge in [0.2, 0.25) is 0 Å². The highest BCUT2D eigenvalue weighted by atomic mass is 19.4. The Kier molecular flexibility index (Phi) is 3.44. The SMILES string of the molecule is Nc1cc(F)c(C(O)(C(F)(F)F)C(F)(F)F)c(F)c1. The largest absolute Gasteiger partial charge is 0.430 e. The second-order valence-corrected chi connectivity index (χ2v) is 3.57. The summed E-state index contributed by atoms with van der Waals surface area (Å²) >= 11 is 0. The van der Waals surface area contributed by atoms with Gasteiger partial charge >= 0.3 is 12.4 Å². The van der Waals surface area contributed by atoms with E-state index in [9.17, 15) is 35.1 Å². The summed E-state index contributed by atoms with van der Waals surface area (Å²) in [6.07, 6.45) is -12.7. The quantitative estimate of drug-likeness (QED) is 0.618. The summed E-state index contributed by atoms with van der Waals surface area (Å²) in [7, 11) is 0. The summed E-state index contributed by atoms with van der Waals surface area (Å²) in [5.41, 5.74) is -4.10. The summed E-state index contributed by atoms with van der Waals surface area (Å²) < 4.78 is 101. The van der Waals surface area contributed by atoms with Crippen molar-refractivity contribution >= 4 is 5.69 Å². The van der Waals surface area contributed by atoms with Crippen LogP contribution in [0.5, 0.6) is 0 Å². The Morgan fingerprint density at radius 1 is 0.842 bits per heavy atom. The number of aliphatic hydroxyl groups is 1. The number of rotatable bonds is 1. The smallest absolute Gasteiger partial charge is 0.399 e. The topological polar surface area (TPSA) is 46.2 Å². The number of alkyl halides is 6. The van der Waals surface area contributed by atoms with Crippen molar-refractivity contribution in [2.75, 3.05) is 5.73 Å². The number of nitrogen functional groups attached to an aromatic ring is 1.